The Morgan fingerprint density at radius 2 is 1.87 bits per heavy atom. The molecule has 0 unspecified atom stereocenters. The number of hydrogen-bond acceptors (Lipinski definition) is 2. The molecule has 0 aliphatic rings. The highest BCUT2D eigenvalue weighted by atomic mass is 16.2. The van der Waals surface area contributed by atoms with Gasteiger partial charge < -0.3 is 0 Å². The van der Waals surface area contributed by atoms with Gasteiger partial charge >= 0.3 is 6.03 Å². The molecule has 0 aliphatic carbocycles. The largest absolute Gasteiger partial charge is 0.338 e. The molecule has 0 spiro atoms. The van der Waals surface area contributed by atoms with Crippen molar-refractivity contribution < 1.29 is 4.79 Å². The first kappa shape index (κ1) is 11.5. The maximum absolute atomic E-state index is 11.6. The number of carbonyl (C=O) groups is 1. The lowest BCUT2D eigenvalue weighted by Crippen LogP contribution is -2.43. The van der Waals surface area contributed by atoms with Gasteiger partial charge in [-0.1, -0.05) is 12.1 Å². The SMILES string of the molecule is Cc1cccc(N(C)C(=O)N(C)N)c1C. The van der Waals surface area contributed by atoms with E-state index in [0.717, 1.165) is 21.8 Å². The molecule has 0 bridgehead atoms. The summed E-state index contributed by atoms with van der Waals surface area (Å²) in [5.74, 6) is 5.40. The fourth-order valence-electron chi connectivity index (χ4n) is 1.44. The first-order valence-corrected chi connectivity index (χ1v) is 4.77. The molecule has 0 heterocycles. The normalized spacial score (nSPS) is 9.93. The monoisotopic (exact) mass is 207 g/mol. The second-order valence-corrected chi connectivity index (χ2v) is 3.67. The lowest BCUT2D eigenvalue weighted by molar-refractivity contribution is 0.218. The molecule has 4 heteroatoms. The zero-order valence-corrected chi connectivity index (χ0v) is 9.61. The lowest BCUT2D eigenvalue weighted by atomic mass is 10.1. The quantitative estimate of drug-likeness (QED) is 0.432. The summed E-state index contributed by atoms with van der Waals surface area (Å²) in [5.41, 5.74) is 3.14. The molecule has 0 aliphatic heterocycles. The summed E-state index contributed by atoms with van der Waals surface area (Å²) in [6.45, 7) is 4.01. The van der Waals surface area contributed by atoms with E-state index < -0.39 is 0 Å². The van der Waals surface area contributed by atoms with E-state index in [0.29, 0.717) is 0 Å². The molecule has 15 heavy (non-hydrogen) atoms. The number of rotatable bonds is 1. The molecule has 2 N–H and O–H groups in total. The van der Waals surface area contributed by atoms with Gasteiger partial charge in [0.2, 0.25) is 0 Å². The molecule has 0 fully saturated rings. The van der Waals surface area contributed by atoms with Crippen LogP contribution in [0.15, 0.2) is 18.2 Å². The summed E-state index contributed by atoms with van der Waals surface area (Å²) in [6, 6.07) is 5.62. The van der Waals surface area contributed by atoms with Gasteiger partial charge in [-0.2, -0.15) is 0 Å². The summed E-state index contributed by atoms with van der Waals surface area (Å²) >= 11 is 0. The van der Waals surface area contributed by atoms with Crippen molar-refractivity contribution in [3.05, 3.63) is 29.3 Å². The standard InChI is InChI=1S/C11H17N3O/c1-8-6-5-7-10(9(8)2)13(3)11(15)14(4)12/h5-7H,12H2,1-4H3. The summed E-state index contributed by atoms with van der Waals surface area (Å²) in [5, 5.41) is 1.07. The van der Waals surface area contributed by atoms with Gasteiger partial charge in [-0.3, -0.25) is 9.91 Å². The average Bonchev–Trinajstić information content (AvgIpc) is 2.20. The molecule has 0 saturated carbocycles. The highest BCUT2D eigenvalue weighted by Gasteiger charge is 2.15. The third-order valence-corrected chi connectivity index (χ3v) is 2.53. The minimum Gasteiger partial charge on any atom is -0.296 e. The van der Waals surface area contributed by atoms with E-state index in [-0.39, 0.29) is 6.03 Å². The summed E-state index contributed by atoms with van der Waals surface area (Å²) in [6.07, 6.45) is 0. The molecule has 0 saturated heterocycles. The van der Waals surface area contributed by atoms with E-state index in [9.17, 15) is 4.79 Å². The van der Waals surface area contributed by atoms with Crippen LogP contribution in [0.1, 0.15) is 11.1 Å². The number of amides is 2. The third kappa shape index (κ3) is 2.27. The van der Waals surface area contributed by atoms with E-state index in [2.05, 4.69) is 0 Å². The van der Waals surface area contributed by atoms with Crippen LogP contribution in [0.2, 0.25) is 0 Å². The van der Waals surface area contributed by atoms with Gasteiger partial charge in [0.15, 0.2) is 0 Å². The van der Waals surface area contributed by atoms with Crippen LogP contribution in [0.25, 0.3) is 0 Å². The predicted molar refractivity (Wildman–Crippen MR) is 61.7 cm³/mol. The summed E-state index contributed by atoms with van der Waals surface area (Å²) < 4.78 is 0. The van der Waals surface area contributed by atoms with Crippen molar-refractivity contribution in [1.29, 1.82) is 0 Å². The third-order valence-electron chi connectivity index (χ3n) is 2.53. The Hall–Kier alpha value is -1.55. The number of urea groups is 1. The highest BCUT2D eigenvalue weighted by Crippen LogP contribution is 2.21. The summed E-state index contributed by atoms with van der Waals surface area (Å²) in [4.78, 5) is 13.2. The van der Waals surface area contributed by atoms with Crippen LogP contribution in [-0.4, -0.2) is 25.1 Å². The van der Waals surface area contributed by atoms with Gasteiger partial charge in [-0.25, -0.2) is 10.6 Å². The Balaban J connectivity index is 3.06. The van der Waals surface area contributed by atoms with Crippen molar-refractivity contribution in [2.75, 3.05) is 19.0 Å². The number of aryl methyl sites for hydroxylation is 1. The Bertz CT molecular complexity index is 374. The number of benzene rings is 1. The van der Waals surface area contributed by atoms with Crippen LogP contribution < -0.4 is 10.7 Å². The van der Waals surface area contributed by atoms with Crippen LogP contribution in [-0.2, 0) is 0 Å². The van der Waals surface area contributed by atoms with Crippen LogP contribution in [0.4, 0.5) is 10.5 Å². The Morgan fingerprint density at radius 3 is 2.40 bits per heavy atom. The smallest absolute Gasteiger partial charge is 0.296 e. The predicted octanol–water partition coefficient (Wildman–Crippen LogP) is 1.67. The van der Waals surface area contributed by atoms with Gasteiger partial charge in [0, 0.05) is 19.8 Å². The second kappa shape index (κ2) is 4.31. The Morgan fingerprint density at radius 1 is 1.27 bits per heavy atom. The maximum Gasteiger partial charge on any atom is 0.338 e. The van der Waals surface area contributed by atoms with Crippen LogP contribution in [0, 0.1) is 13.8 Å². The number of hydrogen-bond donors (Lipinski definition) is 1. The fourth-order valence-corrected chi connectivity index (χ4v) is 1.44. The maximum atomic E-state index is 11.6. The van der Waals surface area contributed by atoms with Crippen molar-refractivity contribution in [2.24, 2.45) is 5.84 Å². The molecule has 0 aromatic heterocycles. The number of hydrazine groups is 1. The van der Waals surface area contributed by atoms with E-state index >= 15 is 0 Å². The van der Waals surface area contributed by atoms with Crippen molar-refractivity contribution >= 4 is 11.7 Å². The first-order chi connectivity index (χ1) is 6.95. The van der Waals surface area contributed by atoms with Gasteiger partial charge in [0.25, 0.3) is 0 Å². The minimum absolute atomic E-state index is 0.233. The number of anilines is 1. The van der Waals surface area contributed by atoms with Crippen molar-refractivity contribution in [2.45, 2.75) is 13.8 Å². The molecule has 0 atom stereocenters. The zero-order valence-electron chi connectivity index (χ0n) is 9.61. The number of nitrogens with two attached hydrogens (primary N) is 1. The first-order valence-electron chi connectivity index (χ1n) is 4.77. The van der Waals surface area contributed by atoms with Gasteiger partial charge in [0.1, 0.15) is 0 Å². The number of nitrogens with zero attached hydrogens (tertiary/aromatic N) is 2. The topological polar surface area (TPSA) is 49.6 Å². The lowest BCUT2D eigenvalue weighted by Gasteiger charge is -2.23. The molecule has 2 amide bonds. The molecule has 82 valence electrons. The average molecular weight is 207 g/mol. The van der Waals surface area contributed by atoms with E-state index in [4.69, 9.17) is 5.84 Å². The van der Waals surface area contributed by atoms with Gasteiger partial charge in [-0.15, -0.1) is 0 Å². The highest BCUT2D eigenvalue weighted by molar-refractivity contribution is 5.91. The van der Waals surface area contributed by atoms with Crippen LogP contribution >= 0.6 is 0 Å². The van der Waals surface area contributed by atoms with Crippen LogP contribution in [0.5, 0.6) is 0 Å². The van der Waals surface area contributed by atoms with E-state index in [1.165, 1.54) is 7.05 Å². The molecular weight excluding hydrogens is 190 g/mol. The Kier molecular flexibility index (Phi) is 3.31. The fraction of sp³-hybridized carbons (Fsp3) is 0.364. The molecule has 0 radical (unpaired) electrons. The van der Waals surface area contributed by atoms with E-state index in [1.807, 2.05) is 32.0 Å². The molecule has 1 rings (SSSR count). The second-order valence-electron chi connectivity index (χ2n) is 3.67. The molecule has 1 aromatic carbocycles. The van der Waals surface area contributed by atoms with Crippen molar-refractivity contribution in [1.82, 2.24) is 5.01 Å². The van der Waals surface area contributed by atoms with Crippen molar-refractivity contribution in [3.8, 4) is 0 Å². The van der Waals surface area contributed by atoms with Crippen molar-refractivity contribution in [3.63, 3.8) is 0 Å². The van der Waals surface area contributed by atoms with E-state index in [1.54, 1.807) is 11.9 Å². The molecule has 1 aromatic rings. The minimum atomic E-state index is -0.233. The number of carbonyl (C=O) groups excluding carboxylic acids is 1. The molecule has 4 nitrogen and oxygen atoms in total. The van der Waals surface area contributed by atoms with Gasteiger partial charge in [0.05, 0.1) is 0 Å². The molecular formula is C11H17N3O. The van der Waals surface area contributed by atoms with Gasteiger partial charge in [-0.05, 0) is 31.0 Å². The Labute approximate surface area is 90.2 Å². The van der Waals surface area contributed by atoms with Crippen LogP contribution in [0.3, 0.4) is 0 Å². The zero-order chi connectivity index (χ0) is 11.6. The summed E-state index contributed by atoms with van der Waals surface area (Å²) in [7, 11) is 3.25.